The van der Waals surface area contributed by atoms with E-state index in [-0.39, 0.29) is 5.91 Å². The molecule has 1 aromatic heterocycles. The number of aromatic nitrogens is 1. The summed E-state index contributed by atoms with van der Waals surface area (Å²) >= 11 is 1.44. The van der Waals surface area contributed by atoms with Crippen LogP contribution in [0.1, 0.15) is 54.6 Å². The molecule has 1 amide bonds. The van der Waals surface area contributed by atoms with Gasteiger partial charge in [0, 0.05) is 19.1 Å². The van der Waals surface area contributed by atoms with E-state index in [9.17, 15) is 4.79 Å². The van der Waals surface area contributed by atoms with Gasteiger partial charge in [-0.1, -0.05) is 24.2 Å². The van der Waals surface area contributed by atoms with Crippen molar-refractivity contribution < 1.29 is 4.79 Å². The first kappa shape index (κ1) is 13.7. The number of nitrogens with zero attached hydrogens (tertiary/aromatic N) is 2. The lowest BCUT2D eigenvalue weighted by molar-refractivity contribution is 0.0942. The zero-order valence-corrected chi connectivity index (χ0v) is 12.5. The topological polar surface area (TPSA) is 71.2 Å². The third-order valence-corrected chi connectivity index (χ3v) is 5.30. The maximum absolute atomic E-state index is 12.3. The minimum absolute atomic E-state index is 0.0461. The van der Waals surface area contributed by atoms with Gasteiger partial charge in [0.1, 0.15) is 10.7 Å². The maximum atomic E-state index is 12.3. The number of nitrogen functional groups attached to an aromatic ring is 1. The van der Waals surface area contributed by atoms with Gasteiger partial charge in [-0.05, 0) is 32.1 Å². The fraction of sp³-hybridized carbons (Fsp3) is 0.714. The Morgan fingerprint density at radius 1 is 1.20 bits per heavy atom. The molecule has 2 heterocycles. The number of thiazole rings is 1. The molecule has 1 saturated heterocycles. The van der Waals surface area contributed by atoms with E-state index in [1.165, 1.54) is 43.4 Å². The second kappa shape index (κ2) is 5.99. The second-order valence-corrected chi connectivity index (χ2v) is 6.69. The van der Waals surface area contributed by atoms with Crippen LogP contribution in [0.15, 0.2) is 0 Å². The Morgan fingerprint density at radius 2 is 1.90 bits per heavy atom. The Bertz CT molecular complexity index is 476. The Labute approximate surface area is 123 Å². The number of piperidine rings is 1. The van der Waals surface area contributed by atoms with Crippen molar-refractivity contribution in [2.45, 2.75) is 51.0 Å². The third-order valence-electron chi connectivity index (χ3n) is 4.17. The van der Waals surface area contributed by atoms with Gasteiger partial charge in [-0.3, -0.25) is 4.79 Å². The summed E-state index contributed by atoms with van der Waals surface area (Å²) in [7, 11) is 0. The van der Waals surface area contributed by atoms with Crippen LogP contribution < -0.4 is 16.0 Å². The van der Waals surface area contributed by atoms with Gasteiger partial charge in [-0.15, -0.1) is 0 Å². The van der Waals surface area contributed by atoms with E-state index in [1.54, 1.807) is 0 Å². The fourth-order valence-corrected chi connectivity index (χ4v) is 3.96. The number of nitrogens with one attached hydrogen (secondary N) is 1. The zero-order chi connectivity index (χ0) is 13.9. The third kappa shape index (κ3) is 2.90. The van der Waals surface area contributed by atoms with Crippen LogP contribution in [0.2, 0.25) is 0 Å². The molecule has 1 aromatic rings. The normalized spacial score (nSPS) is 20.3. The van der Waals surface area contributed by atoms with E-state index in [0.717, 1.165) is 31.1 Å². The average molecular weight is 294 g/mol. The van der Waals surface area contributed by atoms with Crippen molar-refractivity contribution >= 4 is 28.2 Å². The molecule has 2 fully saturated rings. The van der Waals surface area contributed by atoms with E-state index in [2.05, 4.69) is 15.2 Å². The van der Waals surface area contributed by atoms with E-state index in [0.29, 0.717) is 16.7 Å². The SMILES string of the molecule is Nc1nc(N2CCCCC2)sc1C(=O)NC1CCCC1. The summed E-state index contributed by atoms with van der Waals surface area (Å²) in [4.78, 5) is 19.5. The van der Waals surface area contributed by atoms with Gasteiger partial charge in [-0.2, -0.15) is 0 Å². The monoisotopic (exact) mass is 294 g/mol. The Balaban J connectivity index is 1.69. The maximum Gasteiger partial charge on any atom is 0.265 e. The number of hydrogen-bond donors (Lipinski definition) is 2. The van der Waals surface area contributed by atoms with Crippen molar-refractivity contribution in [3.8, 4) is 0 Å². The molecule has 20 heavy (non-hydrogen) atoms. The van der Waals surface area contributed by atoms with Gasteiger partial charge in [0.2, 0.25) is 0 Å². The zero-order valence-electron chi connectivity index (χ0n) is 11.7. The molecule has 3 N–H and O–H groups in total. The fourth-order valence-electron chi connectivity index (χ4n) is 3.02. The summed E-state index contributed by atoms with van der Waals surface area (Å²) in [5, 5.41) is 3.99. The summed E-state index contributed by atoms with van der Waals surface area (Å²) in [6.07, 6.45) is 8.27. The Morgan fingerprint density at radius 3 is 2.60 bits per heavy atom. The quantitative estimate of drug-likeness (QED) is 0.898. The molecule has 1 saturated carbocycles. The molecular formula is C14H22N4OS. The van der Waals surface area contributed by atoms with Gasteiger partial charge >= 0.3 is 0 Å². The van der Waals surface area contributed by atoms with Crippen LogP contribution in [0.3, 0.4) is 0 Å². The van der Waals surface area contributed by atoms with Crippen molar-refractivity contribution in [2.75, 3.05) is 23.7 Å². The standard InChI is InChI=1S/C14H22N4OS/c15-12-11(13(19)16-10-6-2-3-7-10)20-14(17-12)18-8-4-1-5-9-18/h10H,1-9,15H2,(H,16,19). The highest BCUT2D eigenvalue weighted by Crippen LogP contribution is 2.30. The number of anilines is 2. The van der Waals surface area contributed by atoms with Crippen LogP contribution in [-0.4, -0.2) is 30.0 Å². The number of carbonyl (C=O) groups excluding carboxylic acids is 1. The van der Waals surface area contributed by atoms with Crippen LogP contribution >= 0.6 is 11.3 Å². The van der Waals surface area contributed by atoms with Crippen molar-refractivity contribution in [1.82, 2.24) is 10.3 Å². The minimum atomic E-state index is -0.0461. The van der Waals surface area contributed by atoms with Crippen LogP contribution in [-0.2, 0) is 0 Å². The molecule has 110 valence electrons. The van der Waals surface area contributed by atoms with Crippen LogP contribution in [0, 0.1) is 0 Å². The summed E-state index contributed by atoms with van der Waals surface area (Å²) in [5.74, 6) is 0.334. The van der Waals surface area contributed by atoms with Gasteiger partial charge in [0.15, 0.2) is 5.13 Å². The molecule has 6 heteroatoms. The van der Waals surface area contributed by atoms with Crippen molar-refractivity contribution in [3.05, 3.63) is 4.88 Å². The van der Waals surface area contributed by atoms with Gasteiger partial charge in [0.05, 0.1) is 0 Å². The number of amides is 1. The molecule has 0 spiro atoms. The number of rotatable bonds is 3. The Kier molecular flexibility index (Phi) is 4.10. The first-order valence-corrected chi connectivity index (χ1v) is 8.38. The van der Waals surface area contributed by atoms with E-state index in [1.807, 2.05) is 0 Å². The molecule has 0 bridgehead atoms. The molecule has 0 unspecified atom stereocenters. The molecule has 0 aromatic carbocycles. The summed E-state index contributed by atoms with van der Waals surface area (Å²) in [6, 6.07) is 0.322. The van der Waals surface area contributed by atoms with Crippen molar-refractivity contribution in [3.63, 3.8) is 0 Å². The lowest BCUT2D eigenvalue weighted by atomic mass is 10.1. The summed E-state index contributed by atoms with van der Waals surface area (Å²) < 4.78 is 0. The van der Waals surface area contributed by atoms with E-state index < -0.39 is 0 Å². The first-order chi connectivity index (χ1) is 9.74. The summed E-state index contributed by atoms with van der Waals surface area (Å²) in [5.41, 5.74) is 5.94. The number of hydrogen-bond acceptors (Lipinski definition) is 5. The van der Waals surface area contributed by atoms with Crippen LogP contribution in [0.25, 0.3) is 0 Å². The molecule has 2 aliphatic rings. The smallest absolute Gasteiger partial charge is 0.265 e. The van der Waals surface area contributed by atoms with Crippen molar-refractivity contribution in [1.29, 1.82) is 0 Å². The van der Waals surface area contributed by atoms with Gasteiger partial charge in [0.25, 0.3) is 5.91 Å². The summed E-state index contributed by atoms with van der Waals surface area (Å²) in [6.45, 7) is 2.05. The largest absolute Gasteiger partial charge is 0.382 e. The highest BCUT2D eigenvalue weighted by Gasteiger charge is 2.23. The molecule has 5 nitrogen and oxygen atoms in total. The number of nitrogens with two attached hydrogens (primary N) is 1. The lowest BCUT2D eigenvalue weighted by Crippen LogP contribution is -2.32. The van der Waals surface area contributed by atoms with Crippen LogP contribution in [0.4, 0.5) is 10.9 Å². The van der Waals surface area contributed by atoms with Gasteiger partial charge in [-0.25, -0.2) is 4.98 Å². The van der Waals surface area contributed by atoms with Crippen LogP contribution in [0.5, 0.6) is 0 Å². The predicted octanol–water partition coefficient (Wildman–Crippen LogP) is 2.39. The highest BCUT2D eigenvalue weighted by molar-refractivity contribution is 7.18. The average Bonchev–Trinajstić information content (AvgIpc) is 3.09. The molecule has 3 rings (SSSR count). The van der Waals surface area contributed by atoms with E-state index in [4.69, 9.17) is 5.73 Å². The van der Waals surface area contributed by atoms with Crippen molar-refractivity contribution in [2.24, 2.45) is 0 Å². The Hall–Kier alpha value is -1.30. The molecular weight excluding hydrogens is 272 g/mol. The molecule has 1 aliphatic heterocycles. The highest BCUT2D eigenvalue weighted by atomic mass is 32.1. The van der Waals surface area contributed by atoms with Gasteiger partial charge < -0.3 is 16.0 Å². The molecule has 0 atom stereocenters. The molecule has 0 radical (unpaired) electrons. The molecule has 1 aliphatic carbocycles. The minimum Gasteiger partial charge on any atom is -0.382 e. The predicted molar refractivity (Wildman–Crippen MR) is 82.3 cm³/mol. The van der Waals surface area contributed by atoms with E-state index >= 15 is 0 Å². The second-order valence-electron chi connectivity index (χ2n) is 5.71. The number of carbonyl (C=O) groups is 1. The first-order valence-electron chi connectivity index (χ1n) is 7.56. The lowest BCUT2D eigenvalue weighted by Gasteiger charge is -2.25.